The van der Waals surface area contributed by atoms with Gasteiger partial charge in [-0.3, -0.25) is 4.79 Å². The van der Waals surface area contributed by atoms with Gasteiger partial charge >= 0.3 is 0 Å². The fourth-order valence-corrected chi connectivity index (χ4v) is 2.61. The van der Waals surface area contributed by atoms with Crippen LogP contribution in [0.4, 0.5) is 10.1 Å². The van der Waals surface area contributed by atoms with Crippen molar-refractivity contribution in [2.45, 2.75) is 18.9 Å². The number of nitrogens with two attached hydrogens (primary N) is 1. The quantitative estimate of drug-likeness (QED) is 0.900. The highest BCUT2D eigenvalue weighted by Crippen LogP contribution is 2.32. The maximum atomic E-state index is 13.7. The van der Waals surface area contributed by atoms with Crippen molar-refractivity contribution in [1.82, 2.24) is 0 Å². The Morgan fingerprint density at radius 2 is 2.00 bits per heavy atom. The Bertz CT molecular complexity index is 655. The Labute approximate surface area is 116 Å². The van der Waals surface area contributed by atoms with E-state index in [0.29, 0.717) is 23.2 Å². The first-order chi connectivity index (χ1) is 9.63. The topological polar surface area (TPSA) is 55.1 Å². The van der Waals surface area contributed by atoms with Crippen LogP contribution in [-0.2, 0) is 17.6 Å². The van der Waals surface area contributed by atoms with Gasteiger partial charge in [0.25, 0.3) is 0 Å². The van der Waals surface area contributed by atoms with E-state index in [1.54, 1.807) is 0 Å². The Balaban J connectivity index is 1.92. The summed E-state index contributed by atoms with van der Waals surface area (Å²) in [6.07, 6.45) is 0.824. The Morgan fingerprint density at radius 1 is 1.25 bits per heavy atom. The predicted molar refractivity (Wildman–Crippen MR) is 75.8 cm³/mol. The van der Waals surface area contributed by atoms with Crippen LogP contribution < -0.4 is 11.1 Å². The number of carbonyl (C=O) groups is 1. The lowest BCUT2D eigenvalue weighted by Crippen LogP contribution is -2.16. The summed E-state index contributed by atoms with van der Waals surface area (Å²) in [5.74, 6) is -0.461. The molecule has 1 aliphatic heterocycles. The van der Waals surface area contributed by atoms with E-state index < -0.39 is 0 Å². The van der Waals surface area contributed by atoms with Crippen molar-refractivity contribution in [2.75, 3.05) is 5.32 Å². The predicted octanol–water partition coefficient (Wildman–Crippen LogP) is 2.56. The van der Waals surface area contributed by atoms with Gasteiger partial charge in [0, 0.05) is 11.7 Å². The zero-order valence-electron chi connectivity index (χ0n) is 10.9. The zero-order chi connectivity index (χ0) is 14.1. The average Bonchev–Trinajstić information content (AvgIpc) is 2.78. The Morgan fingerprint density at radius 3 is 2.75 bits per heavy atom. The van der Waals surface area contributed by atoms with Gasteiger partial charge < -0.3 is 11.1 Å². The summed E-state index contributed by atoms with van der Waals surface area (Å²) in [5.41, 5.74) is 9.31. The van der Waals surface area contributed by atoms with Crippen molar-refractivity contribution in [3.63, 3.8) is 0 Å². The first kappa shape index (κ1) is 12.8. The van der Waals surface area contributed by atoms with E-state index in [1.807, 2.05) is 30.3 Å². The second-order valence-electron chi connectivity index (χ2n) is 5.05. The van der Waals surface area contributed by atoms with Gasteiger partial charge in [0.05, 0.1) is 6.42 Å². The molecule has 2 aromatic carbocycles. The van der Waals surface area contributed by atoms with E-state index in [-0.39, 0.29) is 24.2 Å². The second kappa shape index (κ2) is 5.06. The fourth-order valence-electron chi connectivity index (χ4n) is 2.61. The summed E-state index contributed by atoms with van der Waals surface area (Å²) in [6, 6.07) is 12.3. The lowest BCUT2D eigenvalue weighted by atomic mass is 9.96. The van der Waals surface area contributed by atoms with E-state index in [0.717, 1.165) is 5.56 Å². The maximum absolute atomic E-state index is 13.7. The van der Waals surface area contributed by atoms with E-state index in [4.69, 9.17) is 5.73 Å². The van der Waals surface area contributed by atoms with Crippen LogP contribution in [0.25, 0.3) is 0 Å². The summed E-state index contributed by atoms with van der Waals surface area (Å²) in [5, 5.41) is 2.77. The smallest absolute Gasteiger partial charge is 0.228 e. The summed E-state index contributed by atoms with van der Waals surface area (Å²) in [6.45, 7) is 0. The number of nitrogens with one attached hydrogen (secondary N) is 1. The van der Waals surface area contributed by atoms with Gasteiger partial charge in [-0.2, -0.15) is 0 Å². The average molecular weight is 270 g/mol. The van der Waals surface area contributed by atoms with Gasteiger partial charge in [0.1, 0.15) is 5.82 Å². The molecular weight excluding hydrogens is 255 g/mol. The normalized spacial score (nSPS) is 14.8. The Hall–Kier alpha value is -2.20. The van der Waals surface area contributed by atoms with E-state index in [2.05, 4.69) is 5.32 Å². The molecule has 0 saturated heterocycles. The number of rotatable bonds is 3. The van der Waals surface area contributed by atoms with E-state index in [9.17, 15) is 9.18 Å². The SMILES string of the molecule is NC(Cc1ccccc1)c1cc(F)cc2c1NC(=O)C2. The van der Waals surface area contributed by atoms with Crippen molar-refractivity contribution in [1.29, 1.82) is 0 Å². The molecule has 1 atom stereocenters. The van der Waals surface area contributed by atoms with E-state index >= 15 is 0 Å². The third-order valence-electron chi connectivity index (χ3n) is 3.53. The minimum absolute atomic E-state index is 0.112. The molecule has 3 rings (SSSR count). The molecule has 1 amide bonds. The lowest BCUT2D eigenvalue weighted by Gasteiger charge is -2.16. The van der Waals surface area contributed by atoms with Crippen molar-refractivity contribution >= 4 is 11.6 Å². The number of hydrogen-bond acceptors (Lipinski definition) is 2. The van der Waals surface area contributed by atoms with Crippen LogP contribution in [0, 0.1) is 5.82 Å². The molecule has 1 heterocycles. The molecule has 1 aliphatic rings. The third-order valence-corrected chi connectivity index (χ3v) is 3.53. The van der Waals surface area contributed by atoms with Gasteiger partial charge in [-0.1, -0.05) is 30.3 Å². The minimum Gasteiger partial charge on any atom is -0.325 e. The van der Waals surface area contributed by atoms with Crippen LogP contribution in [0.2, 0.25) is 0 Å². The number of hydrogen-bond donors (Lipinski definition) is 2. The van der Waals surface area contributed by atoms with Crippen molar-refractivity contribution < 1.29 is 9.18 Å². The van der Waals surface area contributed by atoms with Crippen LogP contribution in [0.5, 0.6) is 0 Å². The van der Waals surface area contributed by atoms with Crippen LogP contribution in [-0.4, -0.2) is 5.91 Å². The third kappa shape index (κ3) is 2.42. The lowest BCUT2D eigenvalue weighted by molar-refractivity contribution is -0.115. The number of anilines is 1. The van der Waals surface area contributed by atoms with Gasteiger partial charge in [-0.15, -0.1) is 0 Å². The molecule has 0 aromatic heterocycles. The fraction of sp³-hybridized carbons (Fsp3) is 0.188. The highest BCUT2D eigenvalue weighted by Gasteiger charge is 2.24. The van der Waals surface area contributed by atoms with E-state index in [1.165, 1.54) is 12.1 Å². The summed E-state index contributed by atoms with van der Waals surface area (Å²) >= 11 is 0. The monoisotopic (exact) mass is 270 g/mol. The highest BCUT2D eigenvalue weighted by molar-refractivity contribution is 6.00. The van der Waals surface area contributed by atoms with Gasteiger partial charge in [0.2, 0.25) is 5.91 Å². The van der Waals surface area contributed by atoms with Gasteiger partial charge in [-0.05, 0) is 35.2 Å². The summed E-state index contributed by atoms with van der Waals surface area (Å²) < 4.78 is 13.7. The minimum atomic E-state index is -0.348. The van der Waals surface area contributed by atoms with Crippen LogP contribution in [0.15, 0.2) is 42.5 Å². The summed E-state index contributed by atoms with van der Waals surface area (Å²) in [7, 11) is 0. The standard InChI is InChI=1S/C16H15FN2O/c17-12-7-11-8-15(20)19-16(11)13(9-12)14(18)6-10-4-2-1-3-5-10/h1-5,7,9,14H,6,8,18H2,(H,19,20). The highest BCUT2D eigenvalue weighted by atomic mass is 19.1. The molecular formula is C16H15FN2O. The molecule has 102 valence electrons. The molecule has 0 saturated carbocycles. The molecule has 3 nitrogen and oxygen atoms in total. The second-order valence-corrected chi connectivity index (χ2v) is 5.05. The number of amides is 1. The van der Waals surface area contributed by atoms with Crippen LogP contribution in [0.3, 0.4) is 0 Å². The molecule has 3 N–H and O–H groups in total. The largest absolute Gasteiger partial charge is 0.325 e. The molecule has 20 heavy (non-hydrogen) atoms. The van der Waals surface area contributed by atoms with Crippen LogP contribution in [0.1, 0.15) is 22.7 Å². The van der Waals surface area contributed by atoms with Crippen molar-refractivity contribution in [3.05, 3.63) is 65.0 Å². The molecule has 0 spiro atoms. The molecule has 0 bridgehead atoms. The molecule has 4 heteroatoms. The number of benzene rings is 2. The Kier molecular flexibility index (Phi) is 3.24. The zero-order valence-corrected chi connectivity index (χ0v) is 10.9. The number of fused-ring (bicyclic) bond motifs is 1. The molecule has 2 aromatic rings. The van der Waals surface area contributed by atoms with Gasteiger partial charge in [-0.25, -0.2) is 4.39 Å². The first-order valence-corrected chi connectivity index (χ1v) is 6.55. The number of carbonyl (C=O) groups excluding carboxylic acids is 1. The van der Waals surface area contributed by atoms with Crippen molar-refractivity contribution in [3.8, 4) is 0 Å². The number of halogens is 1. The first-order valence-electron chi connectivity index (χ1n) is 6.55. The van der Waals surface area contributed by atoms with Gasteiger partial charge in [0.15, 0.2) is 0 Å². The van der Waals surface area contributed by atoms with Crippen LogP contribution >= 0.6 is 0 Å². The molecule has 1 unspecified atom stereocenters. The summed E-state index contributed by atoms with van der Waals surface area (Å²) in [4.78, 5) is 11.5. The van der Waals surface area contributed by atoms with Crippen molar-refractivity contribution in [2.24, 2.45) is 5.73 Å². The molecule has 0 radical (unpaired) electrons. The molecule has 0 aliphatic carbocycles. The maximum Gasteiger partial charge on any atom is 0.228 e. The molecule has 0 fully saturated rings.